The average Bonchev–Trinajstić information content (AvgIpc) is 2.75. The molecular weight excluding hydrogens is 259 g/mol. The zero-order chi connectivity index (χ0) is 14.0. The van der Waals surface area contributed by atoms with E-state index in [1.165, 1.54) is 12.1 Å². The summed E-state index contributed by atoms with van der Waals surface area (Å²) in [5, 5.41) is 2.37. The second-order valence-electron chi connectivity index (χ2n) is 3.84. The molecule has 0 bridgehead atoms. The minimum atomic E-state index is -4.35. The van der Waals surface area contributed by atoms with E-state index < -0.39 is 17.8 Å². The van der Waals surface area contributed by atoms with Crippen molar-refractivity contribution in [1.29, 1.82) is 0 Å². The number of nitrogens with one attached hydrogen (secondary N) is 1. The van der Waals surface area contributed by atoms with E-state index in [9.17, 15) is 18.0 Å². The number of amides is 2. The lowest BCUT2D eigenvalue weighted by Gasteiger charge is -2.08. The number of alkyl halides is 3. The van der Waals surface area contributed by atoms with Crippen molar-refractivity contribution >= 4 is 11.7 Å². The largest absolute Gasteiger partial charge is 0.416 e. The summed E-state index contributed by atoms with van der Waals surface area (Å²) < 4.78 is 38.8. The van der Waals surface area contributed by atoms with Gasteiger partial charge in [0.25, 0.3) is 0 Å². The molecule has 100 valence electrons. The van der Waals surface area contributed by atoms with E-state index in [4.69, 9.17) is 5.73 Å². The molecule has 0 radical (unpaired) electrons. The molecule has 2 aromatic rings. The maximum absolute atomic E-state index is 12.4. The number of nitrogens with two attached hydrogens (primary N) is 1. The number of primary amides is 1. The SMILES string of the molecule is NC(=O)Nc1ccn(-c2ccc(C(F)(F)F)cc2)c1. The summed E-state index contributed by atoms with van der Waals surface area (Å²) in [6.45, 7) is 0. The van der Waals surface area contributed by atoms with E-state index in [0.29, 0.717) is 11.4 Å². The van der Waals surface area contributed by atoms with Crippen LogP contribution in [0.1, 0.15) is 5.56 Å². The maximum Gasteiger partial charge on any atom is 0.416 e. The highest BCUT2D eigenvalue weighted by molar-refractivity contribution is 5.87. The summed E-state index contributed by atoms with van der Waals surface area (Å²) in [4.78, 5) is 10.6. The Morgan fingerprint density at radius 1 is 1.16 bits per heavy atom. The molecule has 0 fully saturated rings. The molecule has 1 heterocycles. The van der Waals surface area contributed by atoms with Crippen LogP contribution in [0.2, 0.25) is 0 Å². The molecule has 0 aliphatic heterocycles. The maximum atomic E-state index is 12.4. The van der Waals surface area contributed by atoms with Gasteiger partial charge in [-0.25, -0.2) is 4.79 Å². The zero-order valence-electron chi connectivity index (χ0n) is 9.61. The van der Waals surface area contributed by atoms with Crippen molar-refractivity contribution in [2.75, 3.05) is 5.32 Å². The van der Waals surface area contributed by atoms with Crippen LogP contribution in [0.25, 0.3) is 5.69 Å². The minimum absolute atomic E-state index is 0.465. The van der Waals surface area contributed by atoms with Crippen molar-refractivity contribution in [1.82, 2.24) is 4.57 Å². The summed E-state index contributed by atoms with van der Waals surface area (Å²) >= 11 is 0. The molecule has 0 aliphatic rings. The van der Waals surface area contributed by atoms with Crippen LogP contribution in [0.3, 0.4) is 0 Å². The molecule has 0 spiro atoms. The molecule has 0 atom stereocenters. The van der Waals surface area contributed by atoms with Crippen LogP contribution in [-0.4, -0.2) is 10.6 Å². The highest BCUT2D eigenvalue weighted by Crippen LogP contribution is 2.29. The minimum Gasteiger partial charge on any atom is -0.351 e. The molecule has 1 aromatic carbocycles. The van der Waals surface area contributed by atoms with Gasteiger partial charge in [-0.05, 0) is 30.3 Å². The molecule has 3 N–H and O–H groups in total. The van der Waals surface area contributed by atoms with Gasteiger partial charge in [0.2, 0.25) is 0 Å². The monoisotopic (exact) mass is 269 g/mol. The molecule has 2 rings (SSSR count). The predicted octanol–water partition coefficient (Wildman–Crippen LogP) is 2.99. The topological polar surface area (TPSA) is 60.1 Å². The number of carbonyl (C=O) groups excluding carboxylic acids is 1. The van der Waals surface area contributed by atoms with Crippen LogP contribution < -0.4 is 11.1 Å². The van der Waals surface area contributed by atoms with E-state index >= 15 is 0 Å². The van der Waals surface area contributed by atoms with Crippen LogP contribution in [0, 0.1) is 0 Å². The van der Waals surface area contributed by atoms with Gasteiger partial charge in [-0.3, -0.25) is 0 Å². The van der Waals surface area contributed by atoms with E-state index in [1.54, 1.807) is 23.0 Å². The molecule has 2 amide bonds. The second-order valence-corrected chi connectivity index (χ2v) is 3.84. The van der Waals surface area contributed by atoms with Crippen LogP contribution in [0.15, 0.2) is 42.7 Å². The Bertz CT molecular complexity index is 587. The molecule has 0 saturated heterocycles. The standard InChI is InChI=1S/C12H10F3N3O/c13-12(14,15)8-1-3-10(4-2-8)18-6-5-9(7-18)17-11(16)19/h1-7H,(H3,16,17,19). The van der Waals surface area contributed by atoms with Crippen molar-refractivity contribution in [3.8, 4) is 5.69 Å². The number of urea groups is 1. The first-order valence-electron chi connectivity index (χ1n) is 5.28. The Hall–Kier alpha value is -2.44. The number of rotatable bonds is 2. The molecule has 4 nitrogen and oxygen atoms in total. The Morgan fingerprint density at radius 2 is 1.79 bits per heavy atom. The van der Waals surface area contributed by atoms with E-state index in [2.05, 4.69) is 5.32 Å². The average molecular weight is 269 g/mol. The highest BCUT2D eigenvalue weighted by Gasteiger charge is 2.29. The Labute approximate surface area is 106 Å². The van der Waals surface area contributed by atoms with Crippen LogP contribution in [0.4, 0.5) is 23.7 Å². The van der Waals surface area contributed by atoms with E-state index in [1.807, 2.05) is 0 Å². The number of hydrogen-bond acceptors (Lipinski definition) is 1. The Balaban J connectivity index is 2.23. The van der Waals surface area contributed by atoms with Crippen molar-refractivity contribution in [2.45, 2.75) is 6.18 Å². The van der Waals surface area contributed by atoms with Gasteiger partial charge in [-0.1, -0.05) is 0 Å². The first-order chi connectivity index (χ1) is 8.86. The Morgan fingerprint density at radius 3 is 2.32 bits per heavy atom. The van der Waals surface area contributed by atoms with Gasteiger partial charge in [-0.15, -0.1) is 0 Å². The van der Waals surface area contributed by atoms with Crippen molar-refractivity contribution in [3.05, 3.63) is 48.3 Å². The molecule has 7 heteroatoms. The number of carbonyl (C=O) groups is 1. The molecule has 0 saturated carbocycles. The normalized spacial score (nSPS) is 11.3. The molecule has 19 heavy (non-hydrogen) atoms. The van der Waals surface area contributed by atoms with Gasteiger partial charge in [0.05, 0.1) is 11.3 Å². The van der Waals surface area contributed by atoms with Gasteiger partial charge in [0, 0.05) is 18.1 Å². The smallest absolute Gasteiger partial charge is 0.351 e. The lowest BCUT2D eigenvalue weighted by Crippen LogP contribution is -2.18. The van der Waals surface area contributed by atoms with Gasteiger partial charge >= 0.3 is 12.2 Å². The van der Waals surface area contributed by atoms with Crippen molar-refractivity contribution < 1.29 is 18.0 Å². The molecule has 0 aliphatic carbocycles. The number of nitrogens with zero attached hydrogens (tertiary/aromatic N) is 1. The number of benzene rings is 1. The fourth-order valence-corrected chi connectivity index (χ4v) is 1.60. The summed E-state index contributed by atoms with van der Waals surface area (Å²) in [5.41, 5.74) is 5.26. The van der Waals surface area contributed by atoms with Crippen molar-refractivity contribution in [3.63, 3.8) is 0 Å². The summed E-state index contributed by atoms with van der Waals surface area (Å²) in [7, 11) is 0. The first-order valence-corrected chi connectivity index (χ1v) is 5.28. The van der Waals surface area contributed by atoms with Gasteiger partial charge in [0.1, 0.15) is 0 Å². The Kier molecular flexibility index (Phi) is 3.20. The summed E-state index contributed by atoms with van der Waals surface area (Å²) in [6.07, 6.45) is -1.20. The summed E-state index contributed by atoms with van der Waals surface area (Å²) in [5.74, 6) is 0. The van der Waals surface area contributed by atoms with Crippen molar-refractivity contribution in [2.24, 2.45) is 5.73 Å². The third kappa shape index (κ3) is 3.06. The third-order valence-electron chi connectivity index (χ3n) is 2.45. The quantitative estimate of drug-likeness (QED) is 0.865. The molecule has 1 aromatic heterocycles. The van der Waals surface area contributed by atoms with Crippen LogP contribution >= 0.6 is 0 Å². The zero-order valence-corrected chi connectivity index (χ0v) is 9.61. The van der Waals surface area contributed by atoms with E-state index in [-0.39, 0.29) is 0 Å². The predicted molar refractivity (Wildman–Crippen MR) is 64.0 cm³/mol. The fraction of sp³-hybridized carbons (Fsp3) is 0.0833. The van der Waals surface area contributed by atoms with Crippen LogP contribution in [-0.2, 0) is 6.18 Å². The molecular formula is C12H10F3N3O. The summed E-state index contributed by atoms with van der Waals surface area (Å²) in [6, 6.07) is 5.56. The number of hydrogen-bond donors (Lipinski definition) is 2. The fourth-order valence-electron chi connectivity index (χ4n) is 1.60. The third-order valence-corrected chi connectivity index (χ3v) is 2.45. The van der Waals surface area contributed by atoms with Crippen LogP contribution in [0.5, 0.6) is 0 Å². The van der Waals surface area contributed by atoms with Gasteiger partial charge in [0.15, 0.2) is 0 Å². The van der Waals surface area contributed by atoms with E-state index in [0.717, 1.165) is 12.1 Å². The second kappa shape index (κ2) is 4.68. The number of anilines is 1. The lowest BCUT2D eigenvalue weighted by molar-refractivity contribution is -0.137. The van der Waals surface area contributed by atoms with Gasteiger partial charge in [-0.2, -0.15) is 13.2 Å². The number of halogens is 3. The molecule has 0 unspecified atom stereocenters. The number of aromatic nitrogens is 1. The van der Waals surface area contributed by atoms with Gasteiger partial charge < -0.3 is 15.6 Å². The first kappa shape index (κ1) is 13.0. The highest BCUT2D eigenvalue weighted by atomic mass is 19.4. The lowest BCUT2D eigenvalue weighted by atomic mass is 10.2.